The van der Waals surface area contributed by atoms with Gasteiger partial charge in [0, 0.05) is 17.1 Å². The highest BCUT2D eigenvalue weighted by Gasteiger charge is 2.64. The largest absolute Gasteiger partial charge is 0.443 e. The number of hydrogen-bond donors (Lipinski definition) is 0. The molecular weight excluding hydrogens is 252 g/mol. The molecule has 0 aromatic carbocycles. The molecule has 0 radical (unpaired) electrons. The molecule has 108 valence electrons. The number of carbonyl (C=O) groups excluding carboxylic acids is 2. The van der Waals surface area contributed by atoms with E-state index in [-0.39, 0.29) is 22.5 Å². The summed E-state index contributed by atoms with van der Waals surface area (Å²) in [6, 6.07) is 0. The Kier molecular flexibility index (Phi) is 3.13. The minimum absolute atomic E-state index is 0.0919. The van der Waals surface area contributed by atoms with E-state index >= 15 is 0 Å². The fraction of sp³-hybridized carbons (Fsp3) is 0.647. The van der Waals surface area contributed by atoms with Crippen molar-refractivity contribution in [3.63, 3.8) is 0 Å². The third-order valence-electron chi connectivity index (χ3n) is 5.34. The normalized spacial score (nSPS) is 33.3. The van der Waals surface area contributed by atoms with E-state index in [2.05, 4.69) is 19.8 Å². The lowest BCUT2D eigenvalue weighted by Gasteiger charge is -2.31. The van der Waals surface area contributed by atoms with Gasteiger partial charge in [-0.15, -0.1) is 6.42 Å². The lowest BCUT2D eigenvalue weighted by molar-refractivity contribution is -0.145. The van der Waals surface area contributed by atoms with Gasteiger partial charge in [0.2, 0.25) is 0 Å². The van der Waals surface area contributed by atoms with Crippen molar-refractivity contribution in [2.75, 3.05) is 0 Å². The molecule has 2 bridgehead atoms. The highest BCUT2D eigenvalue weighted by Crippen LogP contribution is 2.65. The van der Waals surface area contributed by atoms with E-state index in [9.17, 15) is 9.59 Å². The maximum Gasteiger partial charge on any atom is 0.332 e. The van der Waals surface area contributed by atoms with Crippen LogP contribution < -0.4 is 0 Å². The number of fused-ring (bicyclic) bond motifs is 2. The molecule has 2 saturated carbocycles. The molecular formula is C17H22O3. The summed E-state index contributed by atoms with van der Waals surface area (Å²) < 4.78 is 5.20. The highest BCUT2D eigenvalue weighted by molar-refractivity contribution is 6.08. The van der Waals surface area contributed by atoms with Gasteiger partial charge in [-0.25, -0.2) is 4.79 Å². The van der Waals surface area contributed by atoms with E-state index in [1.807, 2.05) is 6.92 Å². The monoisotopic (exact) mass is 274 g/mol. The smallest absolute Gasteiger partial charge is 0.332 e. The predicted octanol–water partition coefficient (Wildman–Crippen LogP) is 2.89. The van der Waals surface area contributed by atoms with Gasteiger partial charge in [0.1, 0.15) is 0 Å². The SMILES string of the molecule is C#CC(C)(C)OC(=O)C=C1C(=O)[C@@]2(C)CC[C@@H]1C2(C)C. The number of ether oxygens (including phenoxy) is 1. The molecule has 2 aliphatic rings. The van der Waals surface area contributed by atoms with Crippen LogP contribution in [-0.4, -0.2) is 17.4 Å². The summed E-state index contributed by atoms with van der Waals surface area (Å²) in [6.07, 6.45) is 8.51. The molecule has 2 aliphatic carbocycles. The molecule has 0 unspecified atom stereocenters. The number of terminal acetylenes is 1. The lowest BCUT2D eigenvalue weighted by Crippen LogP contribution is -2.32. The van der Waals surface area contributed by atoms with Crippen molar-refractivity contribution in [3.8, 4) is 12.3 Å². The van der Waals surface area contributed by atoms with Crippen LogP contribution >= 0.6 is 0 Å². The molecule has 0 saturated heterocycles. The maximum absolute atomic E-state index is 12.6. The van der Waals surface area contributed by atoms with Crippen molar-refractivity contribution >= 4 is 11.8 Å². The van der Waals surface area contributed by atoms with E-state index in [0.717, 1.165) is 12.8 Å². The van der Waals surface area contributed by atoms with Gasteiger partial charge in [-0.2, -0.15) is 0 Å². The molecule has 3 nitrogen and oxygen atoms in total. The number of esters is 1. The molecule has 20 heavy (non-hydrogen) atoms. The van der Waals surface area contributed by atoms with E-state index in [0.29, 0.717) is 5.57 Å². The number of allylic oxidation sites excluding steroid dienone is 1. The van der Waals surface area contributed by atoms with Gasteiger partial charge in [-0.1, -0.05) is 26.7 Å². The van der Waals surface area contributed by atoms with E-state index in [1.165, 1.54) is 6.08 Å². The van der Waals surface area contributed by atoms with Gasteiger partial charge in [0.15, 0.2) is 11.4 Å². The van der Waals surface area contributed by atoms with Crippen LogP contribution in [-0.2, 0) is 14.3 Å². The Hall–Kier alpha value is -1.56. The summed E-state index contributed by atoms with van der Waals surface area (Å²) in [7, 11) is 0. The second kappa shape index (κ2) is 4.22. The van der Waals surface area contributed by atoms with Crippen LogP contribution in [0.25, 0.3) is 0 Å². The summed E-state index contributed by atoms with van der Waals surface area (Å²) >= 11 is 0. The fourth-order valence-corrected chi connectivity index (χ4v) is 3.53. The summed E-state index contributed by atoms with van der Waals surface area (Å²) in [5.41, 5.74) is -0.793. The molecule has 0 aromatic rings. The number of ketones is 1. The van der Waals surface area contributed by atoms with E-state index in [1.54, 1.807) is 13.8 Å². The third kappa shape index (κ3) is 1.90. The van der Waals surface area contributed by atoms with Crippen LogP contribution in [0.1, 0.15) is 47.5 Å². The van der Waals surface area contributed by atoms with Crippen LogP contribution in [0.4, 0.5) is 0 Å². The highest BCUT2D eigenvalue weighted by atomic mass is 16.6. The summed E-state index contributed by atoms with van der Waals surface area (Å²) in [5.74, 6) is 2.12. The predicted molar refractivity (Wildman–Crippen MR) is 76.7 cm³/mol. The average molecular weight is 274 g/mol. The van der Waals surface area contributed by atoms with Crippen LogP contribution in [0.2, 0.25) is 0 Å². The van der Waals surface area contributed by atoms with Crippen LogP contribution in [0.15, 0.2) is 11.6 Å². The standard InChI is InChI=1S/C17H22O3/c1-7-15(2,3)20-13(18)10-11-12-8-9-17(6,14(11)19)16(12,4)5/h1,10,12H,8-9H2,2-6H3/t12-,17+/m0/s1. The van der Waals surface area contributed by atoms with Crippen molar-refractivity contribution in [1.29, 1.82) is 0 Å². The Balaban J connectivity index is 2.28. The number of carbonyl (C=O) groups is 2. The Morgan fingerprint density at radius 1 is 1.45 bits per heavy atom. The zero-order valence-corrected chi connectivity index (χ0v) is 12.9. The second-order valence-electron chi connectivity index (χ2n) is 7.15. The second-order valence-corrected chi connectivity index (χ2v) is 7.15. The Morgan fingerprint density at radius 3 is 2.50 bits per heavy atom. The first-order chi connectivity index (χ1) is 9.05. The van der Waals surface area contributed by atoms with Gasteiger partial charge >= 0.3 is 5.97 Å². The lowest BCUT2D eigenvalue weighted by atomic mass is 9.70. The third-order valence-corrected chi connectivity index (χ3v) is 5.34. The van der Waals surface area contributed by atoms with Gasteiger partial charge in [0.05, 0.1) is 0 Å². The van der Waals surface area contributed by atoms with Gasteiger partial charge in [0.25, 0.3) is 0 Å². The van der Waals surface area contributed by atoms with Crippen LogP contribution in [0, 0.1) is 29.1 Å². The Morgan fingerprint density at radius 2 is 2.05 bits per heavy atom. The molecule has 2 fully saturated rings. The topological polar surface area (TPSA) is 43.4 Å². The average Bonchev–Trinajstić information content (AvgIpc) is 2.63. The van der Waals surface area contributed by atoms with Crippen LogP contribution in [0.5, 0.6) is 0 Å². The molecule has 2 rings (SSSR count). The van der Waals surface area contributed by atoms with E-state index in [4.69, 9.17) is 11.2 Å². The van der Waals surface area contributed by atoms with Crippen LogP contribution in [0.3, 0.4) is 0 Å². The Bertz CT molecular complexity index is 545. The molecule has 0 amide bonds. The van der Waals surface area contributed by atoms with Crippen molar-refractivity contribution in [1.82, 2.24) is 0 Å². The summed E-state index contributed by atoms with van der Waals surface area (Å²) in [6.45, 7) is 9.53. The molecule has 2 atom stereocenters. The molecule has 0 N–H and O–H groups in total. The zero-order chi connectivity index (χ0) is 15.3. The molecule has 0 aromatic heterocycles. The molecule has 0 heterocycles. The quantitative estimate of drug-likeness (QED) is 0.442. The van der Waals surface area contributed by atoms with Gasteiger partial charge < -0.3 is 4.74 Å². The zero-order valence-electron chi connectivity index (χ0n) is 12.9. The number of hydrogen-bond acceptors (Lipinski definition) is 3. The fourth-order valence-electron chi connectivity index (χ4n) is 3.53. The van der Waals surface area contributed by atoms with Crippen molar-refractivity contribution in [2.24, 2.45) is 16.7 Å². The van der Waals surface area contributed by atoms with Crippen molar-refractivity contribution in [3.05, 3.63) is 11.6 Å². The van der Waals surface area contributed by atoms with E-state index < -0.39 is 11.6 Å². The van der Waals surface area contributed by atoms with Crippen molar-refractivity contribution in [2.45, 2.75) is 53.1 Å². The van der Waals surface area contributed by atoms with Gasteiger partial charge in [-0.3, -0.25) is 4.79 Å². The van der Waals surface area contributed by atoms with Crippen molar-refractivity contribution < 1.29 is 14.3 Å². The van der Waals surface area contributed by atoms with Gasteiger partial charge in [-0.05, 0) is 38.0 Å². The number of rotatable bonds is 2. The first-order valence-electron chi connectivity index (χ1n) is 7.02. The number of Topliss-reactive ketones (excluding diaryl/α,β-unsaturated/α-hetero) is 1. The molecule has 0 aliphatic heterocycles. The maximum atomic E-state index is 12.6. The Labute approximate surface area is 120 Å². The molecule has 3 heteroatoms. The minimum atomic E-state index is -0.950. The first-order valence-corrected chi connectivity index (χ1v) is 7.02. The first kappa shape index (κ1) is 14.8. The summed E-state index contributed by atoms with van der Waals surface area (Å²) in [4.78, 5) is 24.5. The minimum Gasteiger partial charge on any atom is -0.443 e. The molecule has 0 spiro atoms. The summed E-state index contributed by atoms with van der Waals surface area (Å²) in [5, 5.41) is 0.